The van der Waals surface area contributed by atoms with Crippen LogP contribution in [0.5, 0.6) is 0 Å². The molecule has 0 amide bonds. The van der Waals surface area contributed by atoms with Crippen LogP contribution >= 0.6 is 11.8 Å². The molecule has 2 N–H and O–H groups in total. The first-order chi connectivity index (χ1) is 9.90. The van der Waals surface area contributed by atoms with E-state index >= 15 is 0 Å². The molecule has 0 radical (unpaired) electrons. The van der Waals surface area contributed by atoms with Gasteiger partial charge in [0.25, 0.3) is 0 Å². The van der Waals surface area contributed by atoms with Gasteiger partial charge in [-0.25, -0.2) is 17.5 Å². The van der Waals surface area contributed by atoms with Crippen molar-refractivity contribution in [1.82, 2.24) is 10.0 Å². The SMILES string of the molecule is CCCNCc1ccc(F)c(S(=O)(=O)NC(C)CSC)c1. The molecule has 1 unspecified atom stereocenters. The number of halogens is 1. The maximum Gasteiger partial charge on any atom is 0.243 e. The molecule has 0 fully saturated rings. The molecule has 0 aromatic heterocycles. The summed E-state index contributed by atoms with van der Waals surface area (Å²) in [5.74, 6) is -0.0865. The Hall–Kier alpha value is -0.630. The predicted molar refractivity (Wildman–Crippen MR) is 86.6 cm³/mol. The molecule has 0 bridgehead atoms. The Morgan fingerprint density at radius 2 is 2.10 bits per heavy atom. The van der Waals surface area contributed by atoms with Crippen molar-refractivity contribution in [2.75, 3.05) is 18.6 Å². The lowest BCUT2D eigenvalue weighted by Gasteiger charge is -2.14. The van der Waals surface area contributed by atoms with E-state index in [-0.39, 0.29) is 10.9 Å². The Bertz CT molecular complexity index is 550. The molecule has 21 heavy (non-hydrogen) atoms. The minimum atomic E-state index is -3.83. The maximum absolute atomic E-state index is 13.8. The van der Waals surface area contributed by atoms with Crippen LogP contribution in [0.3, 0.4) is 0 Å². The summed E-state index contributed by atoms with van der Waals surface area (Å²) in [6.07, 6.45) is 2.88. The van der Waals surface area contributed by atoms with Crippen LogP contribution in [0.25, 0.3) is 0 Å². The summed E-state index contributed by atoms with van der Waals surface area (Å²) in [5, 5.41) is 3.17. The molecule has 4 nitrogen and oxygen atoms in total. The molecule has 0 saturated heterocycles. The van der Waals surface area contributed by atoms with Crippen molar-refractivity contribution >= 4 is 21.8 Å². The molecule has 1 aromatic carbocycles. The normalized spacial score (nSPS) is 13.3. The van der Waals surface area contributed by atoms with Gasteiger partial charge in [0.15, 0.2) is 0 Å². The van der Waals surface area contributed by atoms with Crippen LogP contribution in [0, 0.1) is 5.82 Å². The topological polar surface area (TPSA) is 58.2 Å². The van der Waals surface area contributed by atoms with Gasteiger partial charge in [0, 0.05) is 18.3 Å². The average Bonchev–Trinajstić information content (AvgIpc) is 2.40. The van der Waals surface area contributed by atoms with Crippen LogP contribution < -0.4 is 10.0 Å². The molecular formula is C14H23FN2O2S2. The first-order valence-electron chi connectivity index (χ1n) is 6.91. The lowest BCUT2D eigenvalue weighted by Crippen LogP contribution is -2.34. The molecule has 0 aliphatic rings. The Balaban J connectivity index is 2.91. The highest BCUT2D eigenvalue weighted by atomic mass is 32.2. The van der Waals surface area contributed by atoms with Gasteiger partial charge in [0.1, 0.15) is 10.7 Å². The standard InChI is InChI=1S/C14H23FN2O2S2/c1-4-7-16-9-12-5-6-13(15)14(8-12)21(18,19)17-11(2)10-20-3/h5-6,8,11,16-17H,4,7,9-10H2,1-3H3. The molecule has 1 aromatic rings. The van der Waals surface area contributed by atoms with Crippen molar-refractivity contribution in [1.29, 1.82) is 0 Å². The zero-order valence-electron chi connectivity index (χ0n) is 12.6. The quantitative estimate of drug-likeness (QED) is 0.681. The Morgan fingerprint density at radius 1 is 1.38 bits per heavy atom. The molecule has 0 saturated carbocycles. The van der Waals surface area contributed by atoms with E-state index in [1.54, 1.807) is 13.0 Å². The number of hydrogen-bond acceptors (Lipinski definition) is 4. The van der Waals surface area contributed by atoms with Crippen LogP contribution in [-0.2, 0) is 16.6 Å². The first-order valence-corrected chi connectivity index (χ1v) is 9.78. The molecular weight excluding hydrogens is 311 g/mol. The molecule has 0 aliphatic heterocycles. The second-order valence-electron chi connectivity index (χ2n) is 4.92. The first kappa shape index (κ1) is 18.4. The summed E-state index contributed by atoms with van der Waals surface area (Å²) < 4.78 is 40.8. The second kappa shape index (κ2) is 8.73. The number of hydrogen-bond donors (Lipinski definition) is 2. The zero-order chi connectivity index (χ0) is 15.9. The number of thioether (sulfide) groups is 1. The Kier molecular flexibility index (Phi) is 7.65. The van der Waals surface area contributed by atoms with E-state index in [0.29, 0.717) is 12.3 Å². The van der Waals surface area contributed by atoms with Crippen molar-refractivity contribution < 1.29 is 12.8 Å². The third-order valence-electron chi connectivity index (χ3n) is 2.81. The van der Waals surface area contributed by atoms with Crippen molar-refractivity contribution in [3.8, 4) is 0 Å². The van der Waals surface area contributed by atoms with Gasteiger partial charge >= 0.3 is 0 Å². The summed E-state index contributed by atoms with van der Waals surface area (Å²) in [5.41, 5.74) is 0.753. The van der Waals surface area contributed by atoms with Gasteiger partial charge in [-0.05, 0) is 43.8 Å². The summed E-state index contributed by atoms with van der Waals surface area (Å²) in [7, 11) is -3.83. The fourth-order valence-corrected chi connectivity index (χ4v) is 3.95. The van der Waals surface area contributed by atoms with Crippen molar-refractivity contribution in [3.63, 3.8) is 0 Å². The van der Waals surface area contributed by atoms with Crippen LogP contribution in [-0.4, -0.2) is 33.0 Å². The Morgan fingerprint density at radius 3 is 2.71 bits per heavy atom. The lowest BCUT2D eigenvalue weighted by atomic mass is 10.2. The van der Waals surface area contributed by atoms with Crippen LogP contribution in [0.1, 0.15) is 25.8 Å². The van der Waals surface area contributed by atoms with E-state index in [4.69, 9.17) is 0 Å². The van der Waals surface area contributed by atoms with Crippen LogP contribution in [0.15, 0.2) is 23.1 Å². The average molecular weight is 334 g/mol. The molecule has 0 aliphatic carbocycles. The smallest absolute Gasteiger partial charge is 0.243 e. The minimum Gasteiger partial charge on any atom is -0.313 e. The fraction of sp³-hybridized carbons (Fsp3) is 0.571. The van der Waals surface area contributed by atoms with Gasteiger partial charge in [0.2, 0.25) is 10.0 Å². The highest BCUT2D eigenvalue weighted by Crippen LogP contribution is 2.17. The minimum absolute atomic E-state index is 0.244. The largest absolute Gasteiger partial charge is 0.313 e. The van der Waals surface area contributed by atoms with Gasteiger partial charge in [-0.3, -0.25) is 0 Å². The third kappa shape index (κ3) is 5.94. The Labute approximate surface area is 131 Å². The van der Waals surface area contributed by atoms with Gasteiger partial charge in [0.05, 0.1) is 0 Å². The van der Waals surface area contributed by atoms with Crippen molar-refractivity contribution in [2.45, 2.75) is 37.8 Å². The van der Waals surface area contributed by atoms with Gasteiger partial charge in [-0.15, -0.1) is 0 Å². The van der Waals surface area contributed by atoms with Crippen molar-refractivity contribution in [3.05, 3.63) is 29.6 Å². The summed E-state index contributed by atoms with van der Waals surface area (Å²) in [6, 6.07) is 3.96. The molecule has 1 rings (SSSR count). The third-order valence-corrected chi connectivity index (χ3v) is 5.25. The summed E-state index contributed by atoms with van der Waals surface area (Å²) in [6.45, 7) is 5.17. The predicted octanol–water partition coefficient (Wildman–Crippen LogP) is 2.36. The summed E-state index contributed by atoms with van der Waals surface area (Å²) >= 11 is 1.54. The lowest BCUT2D eigenvalue weighted by molar-refractivity contribution is 0.548. The molecule has 0 spiro atoms. The highest BCUT2D eigenvalue weighted by Gasteiger charge is 2.21. The van der Waals surface area contributed by atoms with E-state index < -0.39 is 15.8 Å². The van der Waals surface area contributed by atoms with Crippen molar-refractivity contribution in [2.24, 2.45) is 0 Å². The van der Waals surface area contributed by atoms with E-state index in [2.05, 4.69) is 10.0 Å². The van der Waals surface area contributed by atoms with E-state index in [1.165, 1.54) is 23.9 Å². The zero-order valence-corrected chi connectivity index (χ0v) is 14.3. The molecule has 120 valence electrons. The number of benzene rings is 1. The van der Waals surface area contributed by atoms with E-state index in [9.17, 15) is 12.8 Å². The molecule has 1 atom stereocenters. The fourth-order valence-electron chi connectivity index (χ4n) is 1.89. The molecule has 0 heterocycles. The molecule has 7 heteroatoms. The van der Waals surface area contributed by atoms with Gasteiger partial charge in [-0.2, -0.15) is 11.8 Å². The monoisotopic (exact) mass is 334 g/mol. The van der Waals surface area contributed by atoms with Crippen LogP contribution in [0.2, 0.25) is 0 Å². The van der Waals surface area contributed by atoms with Gasteiger partial charge in [-0.1, -0.05) is 13.0 Å². The highest BCUT2D eigenvalue weighted by molar-refractivity contribution is 7.98. The van der Waals surface area contributed by atoms with E-state index in [0.717, 1.165) is 18.5 Å². The number of rotatable bonds is 9. The second-order valence-corrected chi connectivity index (χ2v) is 7.51. The van der Waals surface area contributed by atoms with Gasteiger partial charge < -0.3 is 5.32 Å². The number of nitrogens with one attached hydrogen (secondary N) is 2. The number of sulfonamides is 1. The van der Waals surface area contributed by atoms with Crippen LogP contribution in [0.4, 0.5) is 4.39 Å². The van der Waals surface area contributed by atoms with E-state index in [1.807, 2.05) is 13.2 Å². The maximum atomic E-state index is 13.8. The summed E-state index contributed by atoms with van der Waals surface area (Å²) in [4.78, 5) is -0.286.